The molecule has 5 aliphatic rings. The molecule has 11 heteroatoms. The number of benzene rings is 2. The van der Waals surface area contributed by atoms with Gasteiger partial charge in [-0.1, -0.05) is 26.8 Å². The van der Waals surface area contributed by atoms with E-state index in [1.807, 2.05) is 12.1 Å². The molecule has 1 unspecified atom stereocenters. The zero-order chi connectivity index (χ0) is 32.9. The van der Waals surface area contributed by atoms with Crippen LogP contribution in [-0.4, -0.2) is 72.0 Å². The monoisotopic (exact) mass is 647 g/mol. The van der Waals surface area contributed by atoms with Crippen molar-refractivity contribution in [3.8, 4) is 5.75 Å². The van der Waals surface area contributed by atoms with E-state index in [-0.39, 0.29) is 36.0 Å². The van der Waals surface area contributed by atoms with E-state index in [1.165, 1.54) is 19.6 Å². The normalized spacial score (nSPS) is 27.0. The number of anilines is 2. The highest BCUT2D eigenvalue weighted by atomic mass is 19.1. The summed E-state index contributed by atoms with van der Waals surface area (Å²) in [4.78, 5) is 26.3. The average molecular weight is 648 g/mol. The number of hydrogen-bond donors (Lipinski definition) is 3. The highest BCUT2D eigenvalue weighted by Gasteiger charge is 2.56. The lowest BCUT2D eigenvalue weighted by molar-refractivity contribution is -0.108. The minimum absolute atomic E-state index is 0.168. The van der Waals surface area contributed by atoms with Crippen LogP contribution in [0.4, 0.5) is 20.4 Å². The maximum absolute atomic E-state index is 14.7. The van der Waals surface area contributed by atoms with E-state index in [2.05, 4.69) is 41.6 Å². The van der Waals surface area contributed by atoms with Crippen molar-refractivity contribution < 1.29 is 13.5 Å². The summed E-state index contributed by atoms with van der Waals surface area (Å²) in [5.41, 5.74) is 2.06. The van der Waals surface area contributed by atoms with Gasteiger partial charge in [-0.15, -0.1) is 0 Å². The first-order chi connectivity index (χ1) is 22.6. The summed E-state index contributed by atoms with van der Waals surface area (Å²) < 4.78 is 35.2. The quantitative estimate of drug-likeness (QED) is 0.210. The number of rotatable bonds is 9. The van der Waals surface area contributed by atoms with Crippen LogP contribution in [0.25, 0.3) is 10.9 Å². The van der Waals surface area contributed by atoms with Crippen LogP contribution in [0, 0.1) is 29.0 Å². The molecule has 5 atom stereocenters. The van der Waals surface area contributed by atoms with Crippen LogP contribution in [0.15, 0.2) is 46.2 Å². The molecule has 1 aliphatic heterocycles. The van der Waals surface area contributed by atoms with Crippen molar-refractivity contribution in [2.75, 3.05) is 44.1 Å². The Kier molecular flexibility index (Phi) is 8.61. The van der Waals surface area contributed by atoms with Crippen molar-refractivity contribution in [2.45, 2.75) is 77.5 Å². The minimum atomic E-state index is -0.435. The molecule has 4 aliphatic carbocycles. The molecular weight excluding hydrogens is 600 g/mol. The number of methoxy groups -OCH3 is 1. The predicted octanol–water partition coefficient (Wildman–Crippen LogP) is 5.44. The third-order valence-corrected chi connectivity index (χ3v) is 11.3. The lowest BCUT2D eigenvalue weighted by Crippen LogP contribution is -2.58. The Bertz CT molecular complexity index is 1720. The Balaban J connectivity index is 1.18. The molecule has 3 N–H and O–H groups in total. The van der Waals surface area contributed by atoms with E-state index in [4.69, 9.17) is 14.7 Å². The van der Waals surface area contributed by atoms with Gasteiger partial charge in [-0.05, 0) is 85.1 Å². The molecule has 1 aromatic heterocycles. The molecule has 4 saturated carbocycles. The van der Waals surface area contributed by atoms with Crippen molar-refractivity contribution in [3.05, 3.63) is 58.1 Å². The summed E-state index contributed by atoms with van der Waals surface area (Å²) in [6.45, 7) is 8.91. The van der Waals surface area contributed by atoms with Gasteiger partial charge in [-0.2, -0.15) is 0 Å². The number of halogens is 2. The third-order valence-electron chi connectivity index (χ3n) is 11.3. The van der Waals surface area contributed by atoms with Gasteiger partial charge in [0.25, 0.3) is 5.56 Å². The molecule has 1 saturated heterocycles. The van der Waals surface area contributed by atoms with Crippen LogP contribution in [-0.2, 0) is 13.0 Å². The summed E-state index contributed by atoms with van der Waals surface area (Å²) in [6.07, 6.45) is 4.71. The van der Waals surface area contributed by atoms with Gasteiger partial charge in [0, 0.05) is 44.0 Å². The Morgan fingerprint density at radius 2 is 2.02 bits per heavy atom. The number of hydrogen-bond acceptors (Lipinski definition) is 6. The number of ether oxygens (including phenoxy) is 1. The van der Waals surface area contributed by atoms with Crippen molar-refractivity contribution in [1.29, 1.82) is 0 Å². The Labute approximate surface area is 275 Å². The van der Waals surface area contributed by atoms with E-state index < -0.39 is 6.67 Å². The molecule has 252 valence electrons. The van der Waals surface area contributed by atoms with Gasteiger partial charge in [-0.25, -0.2) is 18.8 Å². The SMILES string of the molecule is COc1ccc(CCn2c(NC3CC3)nc3cc(NC(=NC4C[C@@H]5C[C@H]([C@@H]4C)C5(C)C)N4CCN[C@@H](CF)C4)ccc3c2=O)c(F)c1. The standard InChI is InChI=1S/C36H47F2N7O2/c1-21-29-15-23(36(29,2)3)16-31(21)42-34(44-14-12-39-26(19-37)20-44)41-25-8-10-28-32(17-25)43-35(40-24-6-7-24)45(33(28)46)13-11-22-5-9-27(47-4)18-30(22)38/h5,8-10,17-18,21,23-24,26,29,31,39H,6-7,11-16,19-20H2,1-4H3,(H,40,43)(H,41,42)/t21-,23-,26-,29+,31?/m0/s1. The minimum Gasteiger partial charge on any atom is -0.497 e. The topological polar surface area (TPSA) is 95.8 Å². The molecule has 2 aromatic carbocycles. The van der Waals surface area contributed by atoms with Crippen molar-refractivity contribution >= 4 is 28.5 Å². The predicted molar refractivity (Wildman–Crippen MR) is 183 cm³/mol. The molecule has 8 rings (SSSR count). The van der Waals surface area contributed by atoms with Gasteiger partial charge in [0.1, 0.15) is 18.2 Å². The lowest BCUT2D eigenvalue weighted by Gasteiger charge is -2.61. The molecule has 5 fully saturated rings. The van der Waals surface area contributed by atoms with Gasteiger partial charge < -0.3 is 25.6 Å². The number of nitrogens with one attached hydrogen (secondary N) is 3. The fraction of sp³-hybridized carbons (Fsp3) is 0.583. The van der Waals surface area contributed by atoms with E-state index in [1.54, 1.807) is 22.8 Å². The largest absolute Gasteiger partial charge is 0.497 e. The smallest absolute Gasteiger partial charge is 0.262 e. The number of aromatic nitrogens is 2. The fourth-order valence-corrected chi connectivity index (χ4v) is 8.01. The van der Waals surface area contributed by atoms with Crippen LogP contribution >= 0.6 is 0 Å². The third kappa shape index (κ3) is 6.30. The molecule has 47 heavy (non-hydrogen) atoms. The second kappa shape index (κ2) is 12.7. The second-order valence-electron chi connectivity index (χ2n) is 14.6. The first-order valence-corrected chi connectivity index (χ1v) is 17.2. The first kappa shape index (κ1) is 31.8. The zero-order valence-electron chi connectivity index (χ0n) is 27.9. The number of fused-ring (bicyclic) bond motifs is 3. The molecular formula is C36H47F2N7O2. The van der Waals surface area contributed by atoms with Gasteiger partial charge in [0.15, 0.2) is 5.96 Å². The maximum atomic E-state index is 14.7. The van der Waals surface area contributed by atoms with Gasteiger partial charge in [-0.3, -0.25) is 9.36 Å². The van der Waals surface area contributed by atoms with Gasteiger partial charge >= 0.3 is 0 Å². The van der Waals surface area contributed by atoms with Crippen LogP contribution in [0.5, 0.6) is 5.75 Å². The number of aliphatic imine (C=N–C) groups is 1. The average Bonchev–Trinajstić information content (AvgIpc) is 3.89. The number of piperazine rings is 1. The van der Waals surface area contributed by atoms with Crippen molar-refractivity contribution in [2.24, 2.45) is 28.2 Å². The number of aryl methyl sites for hydroxylation is 1. The van der Waals surface area contributed by atoms with E-state index in [9.17, 15) is 13.6 Å². The van der Waals surface area contributed by atoms with Crippen LogP contribution < -0.4 is 26.2 Å². The lowest BCUT2D eigenvalue weighted by atomic mass is 9.45. The molecule has 2 heterocycles. The van der Waals surface area contributed by atoms with Gasteiger partial charge in [0.05, 0.1) is 30.1 Å². The molecule has 9 nitrogen and oxygen atoms in total. The zero-order valence-corrected chi connectivity index (χ0v) is 27.9. The fourth-order valence-electron chi connectivity index (χ4n) is 8.01. The van der Waals surface area contributed by atoms with Crippen molar-refractivity contribution in [1.82, 2.24) is 19.8 Å². The number of alkyl halides is 1. The maximum Gasteiger partial charge on any atom is 0.262 e. The Morgan fingerprint density at radius 3 is 2.72 bits per heavy atom. The molecule has 3 aromatic rings. The highest BCUT2D eigenvalue weighted by molar-refractivity contribution is 5.96. The summed E-state index contributed by atoms with van der Waals surface area (Å²) in [5, 5.41) is 10.8. The Morgan fingerprint density at radius 1 is 1.19 bits per heavy atom. The molecule has 0 radical (unpaired) electrons. The number of nitrogens with zero attached hydrogens (tertiary/aromatic N) is 4. The Hall–Kier alpha value is -3.73. The highest BCUT2D eigenvalue weighted by Crippen LogP contribution is 2.61. The number of guanidine groups is 1. The molecule has 0 amide bonds. The van der Waals surface area contributed by atoms with Crippen LogP contribution in [0.1, 0.15) is 52.0 Å². The summed E-state index contributed by atoms with van der Waals surface area (Å²) in [6, 6.07) is 10.6. The summed E-state index contributed by atoms with van der Waals surface area (Å²) >= 11 is 0. The van der Waals surface area contributed by atoms with E-state index >= 15 is 0 Å². The molecule has 2 bridgehead atoms. The van der Waals surface area contributed by atoms with Crippen LogP contribution in [0.2, 0.25) is 0 Å². The van der Waals surface area contributed by atoms with Crippen LogP contribution in [0.3, 0.4) is 0 Å². The molecule has 0 spiro atoms. The summed E-state index contributed by atoms with van der Waals surface area (Å²) in [7, 11) is 1.51. The van der Waals surface area contributed by atoms with E-state index in [0.717, 1.165) is 37.5 Å². The summed E-state index contributed by atoms with van der Waals surface area (Å²) in [5.74, 6) is 3.14. The van der Waals surface area contributed by atoms with Crippen molar-refractivity contribution in [3.63, 3.8) is 0 Å². The first-order valence-electron chi connectivity index (χ1n) is 17.2. The van der Waals surface area contributed by atoms with Gasteiger partial charge in [0.2, 0.25) is 5.95 Å². The van der Waals surface area contributed by atoms with E-state index in [0.29, 0.717) is 70.8 Å². The second-order valence-corrected chi connectivity index (χ2v) is 14.6.